The van der Waals surface area contributed by atoms with Gasteiger partial charge in [-0.25, -0.2) is 0 Å². The monoisotopic (exact) mass is 286 g/mol. The fourth-order valence-electron chi connectivity index (χ4n) is 1.98. The molecule has 1 heterocycles. The molecule has 6 nitrogen and oxygen atoms in total. The molecule has 1 atom stereocenters. The third kappa shape index (κ3) is 2.79. The van der Waals surface area contributed by atoms with Gasteiger partial charge < -0.3 is 16.3 Å². The van der Waals surface area contributed by atoms with Crippen molar-refractivity contribution >= 4 is 28.3 Å². The molecule has 21 heavy (non-hydrogen) atoms. The first-order chi connectivity index (χ1) is 10.0. The summed E-state index contributed by atoms with van der Waals surface area (Å²) in [5.74, 6) is -0.450. The number of nitrogens with one attached hydrogen (secondary N) is 1. The lowest BCUT2D eigenvalue weighted by Crippen LogP contribution is -2.44. The van der Waals surface area contributed by atoms with Crippen LogP contribution in [0, 0.1) is 5.41 Å². The van der Waals surface area contributed by atoms with Gasteiger partial charge in [-0.3, -0.25) is 9.78 Å². The number of hydrogen-bond acceptors (Lipinski definition) is 4. The largest absolute Gasteiger partial charge is 0.409 e. The van der Waals surface area contributed by atoms with Crippen molar-refractivity contribution in [2.24, 2.45) is 16.3 Å². The Morgan fingerprint density at radius 3 is 2.86 bits per heavy atom. The number of anilines is 1. The molecule has 0 spiro atoms. The van der Waals surface area contributed by atoms with E-state index in [1.54, 1.807) is 20.0 Å². The SMILES string of the molecule is CCC(C)(C(=O)Nc1cnc2ccccc2c1)/C(N)=N/O. The Labute approximate surface area is 122 Å². The maximum Gasteiger partial charge on any atom is 0.238 e. The van der Waals surface area contributed by atoms with Crippen LogP contribution >= 0.6 is 0 Å². The number of nitrogens with two attached hydrogens (primary N) is 1. The molecule has 0 saturated heterocycles. The van der Waals surface area contributed by atoms with E-state index in [0.717, 1.165) is 10.9 Å². The Bertz CT molecular complexity index is 699. The van der Waals surface area contributed by atoms with Gasteiger partial charge in [-0.05, 0) is 25.5 Å². The number of carbonyl (C=O) groups is 1. The van der Waals surface area contributed by atoms with Crippen LogP contribution in [0.15, 0.2) is 41.7 Å². The summed E-state index contributed by atoms with van der Waals surface area (Å²) in [6, 6.07) is 9.46. The van der Waals surface area contributed by atoms with Crippen molar-refractivity contribution in [3.63, 3.8) is 0 Å². The van der Waals surface area contributed by atoms with Crippen molar-refractivity contribution in [1.29, 1.82) is 0 Å². The van der Waals surface area contributed by atoms with Crippen LogP contribution in [0.2, 0.25) is 0 Å². The summed E-state index contributed by atoms with van der Waals surface area (Å²) >= 11 is 0. The first kappa shape index (κ1) is 14.8. The third-order valence-electron chi connectivity index (χ3n) is 3.73. The molecule has 6 heteroatoms. The molecule has 0 bridgehead atoms. The van der Waals surface area contributed by atoms with Crippen molar-refractivity contribution in [2.75, 3.05) is 5.32 Å². The van der Waals surface area contributed by atoms with Crippen molar-refractivity contribution < 1.29 is 10.0 Å². The highest BCUT2D eigenvalue weighted by Crippen LogP contribution is 2.24. The van der Waals surface area contributed by atoms with E-state index in [1.807, 2.05) is 30.3 Å². The number of fused-ring (bicyclic) bond motifs is 1. The summed E-state index contributed by atoms with van der Waals surface area (Å²) in [4.78, 5) is 16.7. The molecule has 1 unspecified atom stereocenters. The highest BCUT2D eigenvalue weighted by Gasteiger charge is 2.36. The Morgan fingerprint density at radius 2 is 2.19 bits per heavy atom. The Kier molecular flexibility index (Phi) is 4.07. The third-order valence-corrected chi connectivity index (χ3v) is 3.73. The second kappa shape index (κ2) is 5.78. The van der Waals surface area contributed by atoms with Gasteiger partial charge in [0, 0.05) is 5.39 Å². The normalized spacial score (nSPS) is 14.7. The average molecular weight is 286 g/mol. The fraction of sp³-hybridized carbons (Fsp3) is 0.267. The number of oxime groups is 1. The summed E-state index contributed by atoms with van der Waals surface area (Å²) in [6.07, 6.45) is 2.00. The zero-order valence-electron chi connectivity index (χ0n) is 12.0. The van der Waals surface area contributed by atoms with Crippen LogP contribution < -0.4 is 11.1 Å². The molecule has 0 radical (unpaired) electrons. The summed E-state index contributed by atoms with van der Waals surface area (Å²) in [5.41, 5.74) is 5.99. The smallest absolute Gasteiger partial charge is 0.238 e. The number of amides is 1. The number of amidine groups is 1. The molecule has 0 saturated carbocycles. The van der Waals surface area contributed by atoms with Gasteiger partial charge in [0.05, 0.1) is 17.4 Å². The minimum Gasteiger partial charge on any atom is -0.409 e. The van der Waals surface area contributed by atoms with Gasteiger partial charge in [0.2, 0.25) is 5.91 Å². The minimum atomic E-state index is -1.07. The summed E-state index contributed by atoms with van der Waals surface area (Å²) < 4.78 is 0. The standard InChI is InChI=1S/C15H18N4O2/c1-3-15(2,13(16)19-21)14(20)18-11-8-10-6-4-5-7-12(10)17-9-11/h4-9,21H,3H2,1-2H3,(H2,16,19)(H,18,20). The quantitative estimate of drug-likeness (QED) is 0.347. The lowest BCUT2D eigenvalue weighted by molar-refractivity contribution is -0.121. The van der Waals surface area contributed by atoms with E-state index in [9.17, 15) is 4.79 Å². The molecule has 0 aliphatic heterocycles. The molecule has 1 aromatic carbocycles. The number of carbonyl (C=O) groups excluding carboxylic acids is 1. The van der Waals surface area contributed by atoms with Gasteiger partial charge in [-0.15, -0.1) is 0 Å². The van der Waals surface area contributed by atoms with Crippen LogP contribution in [0.4, 0.5) is 5.69 Å². The van der Waals surface area contributed by atoms with Gasteiger partial charge in [-0.2, -0.15) is 0 Å². The topological polar surface area (TPSA) is 101 Å². The van der Waals surface area contributed by atoms with Crippen molar-refractivity contribution in [3.05, 3.63) is 36.5 Å². The lowest BCUT2D eigenvalue weighted by atomic mass is 9.85. The number of hydrogen-bond donors (Lipinski definition) is 3. The van der Waals surface area contributed by atoms with E-state index >= 15 is 0 Å². The Balaban J connectivity index is 2.28. The summed E-state index contributed by atoms with van der Waals surface area (Å²) in [7, 11) is 0. The van der Waals surface area contributed by atoms with E-state index in [-0.39, 0.29) is 11.7 Å². The number of rotatable bonds is 4. The van der Waals surface area contributed by atoms with E-state index in [4.69, 9.17) is 10.9 Å². The molecule has 4 N–H and O–H groups in total. The second-order valence-corrected chi connectivity index (χ2v) is 5.04. The predicted octanol–water partition coefficient (Wildman–Crippen LogP) is 2.34. The molecule has 0 aliphatic rings. The maximum atomic E-state index is 12.4. The molecular formula is C15H18N4O2. The van der Waals surface area contributed by atoms with Gasteiger partial charge in [0.25, 0.3) is 0 Å². The Morgan fingerprint density at radius 1 is 1.48 bits per heavy atom. The van der Waals surface area contributed by atoms with E-state index in [0.29, 0.717) is 12.1 Å². The van der Waals surface area contributed by atoms with E-state index in [2.05, 4.69) is 15.5 Å². The number of benzene rings is 1. The molecular weight excluding hydrogens is 268 g/mol. The molecule has 1 aromatic heterocycles. The average Bonchev–Trinajstić information content (AvgIpc) is 2.53. The van der Waals surface area contributed by atoms with Crippen LogP contribution in [0.1, 0.15) is 20.3 Å². The maximum absolute atomic E-state index is 12.4. The summed E-state index contributed by atoms with van der Waals surface area (Å²) in [6.45, 7) is 3.43. The highest BCUT2D eigenvalue weighted by atomic mass is 16.4. The Hall–Kier alpha value is -2.63. The van der Waals surface area contributed by atoms with Crippen LogP contribution in [0.3, 0.4) is 0 Å². The van der Waals surface area contributed by atoms with Gasteiger partial charge in [0.15, 0.2) is 5.84 Å². The molecule has 0 fully saturated rings. The second-order valence-electron chi connectivity index (χ2n) is 5.04. The van der Waals surface area contributed by atoms with Crippen LogP contribution in [-0.2, 0) is 4.79 Å². The van der Waals surface area contributed by atoms with Crippen molar-refractivity contribution in [2.45, 2.75) is 20.3 Å². The highest BCUT2D eigenvalue weighted by molar-refractivity contribution is 6.11. The summed E-state index contributed by atoms with van der Waals surface area (Å²) in [5, 5.41) is 15.5. The first-order valence-corrected chi connectivity index (χ1v) is 6.65. The molecule has 2 rings (SSSR count). The minimum absolute atomic E-state index is 0.115. The van der Waals surface area contributed by atoms with Crippen LogP contribution in [-0.4, -0.2) is 21.9 Å². The number of aromatic nitrogens is 1. The van der Waals surface area contributed by atoms with E-state index < -0.39 is 5.41 Å². The zero-order chi connectivity index (χ0) is 15.5. The number of pyridine rings is 1. The molecule has 2 aromatic rings. The molecule has 1 amide bonds. The fourth-order valence-corrected chi connectivity index (χ4v) is 1.98. The van der Waals surface area contributed by atoms with Gasteiger partial charge in [-0.1, -0.05) is 30.3 Å². The molecule has 110 valence electrons. The van der Waals surface area contributed by atoms with Crippen molar-refractivity contribution in [3.8, 4) is 0 Å². The lowest BCUT2D eigenvalue weighted by Gasteiger charge is -2.25. The van der Waals surface area contributed by atoms with Crippen LogP contribution in [0.25, 0.3) is 10.9 Å². The predicted molar refractivity (Wildman–Crippen MR) is 82.2 cm³/mol. The van der Waals surface area contributed by atoms with Crippen molar-refractivity contribution in [1.82, 2.24) is 4.98 Å². The zero-order valence-corrected chi connectivity index (χ0v) is 12.0. The van der Waals surface area contributed by atoms with Crippen LogP contribution in [0.5, 0.6) is 0 Å². The first-order valence-electron chi connectivity index (χ1n) is 6.65. The van der Waals surface area contributed by atoms with Gasteiger partial charge >= 0.3 is 0 Å². The van der Waals surface area contributed by atoms with E-state index in [1.165, 1.54) is 0 Å². The molecule has 0 aliphatic carbocycles. The number of para-hydroxylation sites is 1. The van der Waals surface area contributed by atoms with Gasteiger partial charge in [0.1, 0.15) is 5.41 Å². The number of nitrogens with zero attached hydrogens (tertiary/aromatic N) is 2.